The highest BCUT2D eigenvalue weighted by atomic mass is 19.4. The average Bonchev–Trinajstić information content (AvgIpc) is 2.51. The second kappa shape index (κ2) is 9.42. The molecule has 146 valence electrons. The van der Waals surface area contributed by atoms with Gasteiger partial charge >= 0.3 is 12.1 Å². The van der Waals surface area contributed by atoms with Crippen molar-refractivity contribution in [1.82, 2.24) is 4.90 Å². The topological polar surface area (TPSA) is 78.9 Å². The molecule has 0 fully saturated rings. The van der Waals surface area contributed by atoms with Gasteiger partial charge in [-0.25, -0.2) is 0 Å². The van der Waals surface area contributed by atoms with Gasteiger partial charge in [0.2, 0.25) is 0 Å². The molecule has 0 radical (unpaired) electrons. The first kappa shape index (κ1) is 21.8. The van der Waals surface area contributed by atoms with E-state index < -0.39 is 36.3 Å². The predicted octanol–water partition coefficient (Wildman–Crippen LogP) is 3.05. The number of nitrogens with one attached hydrogen (secondary N) is 1. The molecule has 0 bridgehead atoms. The third-order valence-corrected chi connectivity index (χ3v) is 3.48. The van der Waals surface area contributed by atoms with Gasteiger partial charge in [-0.05, 0) is 36.6 Å². The number of benzene rings is 1. The number of likely N-dealkylation sites (N-methyl/N-ethyl adjacent to an activating group) is 1. The zero-order chi connectivity index (χ0) is 19.9. The molecule has 1 rings (SSSR count). The summed E-state index contributed by atoms with van der Waals surface area (Å²) in [5, 5.41) is 11.6. The molecule has 1 amide bonds. The highest BCUT2D eigenvalue weighted by Crippen LogP contribution is 2.29. The second-order valence-corrected chi connectivity index (χ2v) is 6.27. The van der Waals surface area contributed by atoms with E-state index in [0.717, 1.165) is 17.0 Å². The molecule has 2 N–H and O–H groups in total. The van der Waals surface area contributed by atoms with E-state index in [0.29, 0.717) is 12.1 Å². The zero-order valence-electron chi connectivity index (χ0n) is 14.8. The van der Waals surface area contributed by atoms with E-state index in [1.54, 1.807) is 0 Å². The summed E-state index contributed by atoms with van der Waals surface area (Å²) in [5.74, 6) is -1.46. The Kier molecular flexibility index (Phi) is 7.88. The molecule has 0 aliphatic heterocycles. The molecule has 0 spiro atoms. The minimum atomic E-state index is -4.40. The van der Waals surface area contributed by atoms with Gasteiger partial charge in [-0.3, -0.25) is 9.59 Å². The fourth-order valence-electron chi connectivity index (χ4n) is 2.20. The van der Waals surface area contributed by atoms with Crippen LogP contribution >= 0.6 is 0 Å². The van der Waals surface area contributed by atoms with E-state index in [1.807, 2.05) is 13.8 Å². The Balaban J connectivity index is 2.63. The van der Waals surface area contributed by atoms with Gasteiger partial charge in [-0.2, -0.15) is 13.2 Å². The van der Waals surface area contributed by atoms with Crippen molar-refractivity contribution >= 4 is 17.6 Å². The summed E-state index contributed by atoms with van der Waals surface area (Å²) in [5.41, 5.74) is -0.347. The number of amides is 1. The maximum atomic E-state index is 12.5. The highest BCUT2D eigenvalue weighted by Gasteiger charge is 2.30. The van der Waals surface area contributed by atoms with Crippen molar-refractivity contribution in [3.63, 3.8) is 0 Å². The molecule has 0 aliphatic rings. The lowest BCUT2D eigenvalue weighted by molar-refractivity contribution is -0.149. The minimum Gasteiger partial charge on any atom is -0.480 e. The third kappa shape index (κ3) is 7.30. The lowest BCUT2D eigenvalue weighted by atomic mass is 10.1. The number of ether oxygens (including phenoxy) is 1. The summed E-state index contributed by atoms with van der Waals surface area (Å²) in [7, 11) is 1.37. The lowest BCUT2D eigenvalue weighted by Gasteiger charge is -2.24. The predicted molar refractivity (Wildman–Crippen MR) is 89.5 cm³/mol. The van der Waals surface area contributed by atoms with Gasteiger partial charge in [0, 0.05) is 12.7 Å². The van der Waals surface area contributed by atoms with Crippen LogP contribution in [0.15, 0.2) is 24.3 Å². The fourth-order valence-corrected chi connectivity index (χ4v) is 2.20. The number of hydrogen-bond donors (Lipinski definition) is 2. The standard InChI is InChI=1S/C17H23F3N2O4/c1-11(2)8-14(16(25)22(3)9-15(23)24)26-10-21-13-6-4-12(5-7-13)17(18,19)20/h4-7,11,14,21H,8-10H2,1-3H3,(H,23,24). The normalized spacial score (nSPS) is 12.7. The van der Waals surface area contributed by atoms with Crippen LogP contribution in [-0.4, -0.2) is 48.3 Å². The molecule has 6 nitrogen and oxygen atoms in total. The van der Waals surface area contributed by atoms with Crippen LogP contribution in [0.25, 0.3) is 0 Å². The Morgan fingerprint density at radius 2 is 1.81 bits per heavy atom. The maximum Gasteiger partial charge on any atom is 0.416 e. The number of halogens is 3. The van der Waals surface area contributed by atoms with Gasteiger partial charge < -0.3 is 20.1 Å². The number of anilines is 1. The SMILES string of the molecule is CC(C)CC(OCNc1ccc(C(F)(F)F)cc1)C(=O)N(C)CC(=O)O. The Bertz CT molecular complexity index is 603. The number of aliphatic carboxylic acids is 1. The average molecular weight is 376 g/mol. The Morgan fingerprint density at radius 3 is 2.27 bits per heavy atom. The number of nitrogens with zero attached hydrogens (tertiary/aromatic N) is 1. The molecule has 1 aromatic rings. The van der Waals surface area contributed by atoms with Crippen molar-refractivity contribution in [1.29, 1.82) is 0 Å². The highest BCUT2D eigenvalue weighted by molar-refractivity contribution is 5.84. The van der Waals surface area contributed by atoms with Gasteiger partial charge in [-0.15, -0.1) is 0 Å². The van der Waals surface area contributed by atoms with Crippen LogP contribution in [-0.2, 0) is 20.5 Å². The molecular weight excluding hydrogens is 353 g/mol. The molecule has 0 saturated heterocycles. The Morgan fingerprint density at radius 1 is 1.23 bits per heavy atom. The number of alkyl halides is 3. The van der Waals surface area contributed by atoms with Crippen LogP contribution in [0.1, 0.15) is 25.8 Å². The van der Waals surface area contributed by atoms with Gasteiger partial charge in [0.15, 0.2) is 0 Å². The smallest absolute Gasteiger partial charge is 0.416 e. The van der Waals surface area contributed by atoms with Crippen LogP contribution in [0.3, 0.4) is 0 Å². The molecule has 26 heavy (non-hydrogen) atoms. The van der Waals surface area contributed by atoms with Crippen molar-refractivity contribution in [2.75, 3.05) is 25.6 Å². The fraction of sp³-hybridized carbons (Fsp3) is 0.529. The van der Waals surface area contributed by atoms with Crippen molar-refractivity contribution in [3.8, 4) is 0 Å². The number of hydrogen-bond acceptors (Lipinski definition) is 4. The molecule has 0 heterocycles. The maximum absolute atomic E-state index is 12.5. The number of rotatable bonds is 9. The first-order chi connectivity index (χ1) is 12.0. The Labute approximate surface area is 149 Å². The second-order valence-electron chi connectivity index (χ2n) is 6.27. The Hall–Kier alpha value is -2.29. The van der Waals surface area contributed by atoms with E-state index in [-0.39, 0.29) is 12.6 Å². The largest absolute Gasteiger partial charge is 0.480 e. The summed E-state index contributed by atoms with van der Waals surface area (Å²) in [4.78, 5) is 24.1. The summed E-state index contributed by atoms with van der Waals surface area (Å²) in [6.45, 7) is 3.24. The monoisotopic (exact) mass is 376 g/mol. The first-order valence-corrected chi connectivity index (χ1v) is 8.00. The molecule has 1 unspecified atom stereocenters. The van der Waals surface area contributed by atoms with E-state index in [1.165, 1.54) is 19.2 Å². The van der Waals surface area contributed by atoms with Crippen LogP contribution in [0, 0.1) is 5.92 Å². The first-order valence-electron chi connectivity index (χ1n) is 8.00. The molecule has 0 saturated carbocycles. The van der Waals surface area contributed by atoms with Crippen LogP contribution in [0.2, 0.25) is 0 Å². The number of carbonyl (C=O) groups excluding carboxylic acids is 1. The molecule has 0 aromatic heterocycles. The number of carboxylic acid groups (broad SMARTS) is 1. The van der Waals surface area contributed by atoms with Crippen LogP contribution in [0.4, 0.5) is 18.9 Å². The molecule has 1 aromatic carbocycles. The van der Waals surface area contributed by atoms with Crippen molar-refractivity contribution in [2.24, 2.45) is 5.92 Å². The number of carboxylic acids is 1. The molecular formula is C17H23F3N2O4. The third-order valence-electron chi connectivity index (χ3n) is 3.48. The zero-order valence-corrected chi connectivity index (χ0v) is 14.8. The molecule has 9 heteroatoms. The van der Waals surface area contributed by atoms with Crippen LogP contribution < -0.4 is 5.32 Å². The van der Waals surface area contributed by atoms with Crippen molar-refractivity contribution < 1.29 is 32.6 Å². The lowest BCUT2D eigenvalue weighted by Crippen LogP contribution is -2.41. The summed E-state index contributed by atoms with van der Waals surface area (Å²) in [6.07, 6.45) is -4.86. The van der Waals surface area contributed by atoms with E-state index in [4.69, 9.17) is 9.84 Å². The van der Waals surface area contributed by atoms with Gasteiger partial charge in [0.25, 0.3) is 5.91 Å². The molecule has 1 atom stereocenters. The molecule has 0 aliphatic carbocycles. The van der Waals surface area contributed by atoms with Gasteiger partial charge in [0.1, 0.15) is 19.4 Å². The number of carbonyl (C=O) groups is 2. The van der Waals surface area contributed by atoms with Crippen LogP contribution in [0.5, 0.6) is 0 Å². The van der Waals surface area contributed by atoms with E-state index in [9.17, 15) is 22.8 Å². The van der Waals surface area contributed by atoms with Gasteiger partial charge in [0.05, 0.1) is 5.56 Å². The summed E-state index contributed by atoms with van der Waals surface area (Å²) >= 11 is 0. The van der Waals surface area contributed by atoms with E-state index >= 15 is 0 Å². The minimum absolute atomic E-state index is 0.102. The van der Waals surface area contributed by atoms with E-state index in [2.05, 4.69) is 5.32 Å². The summed E-state index contributed by atoms with van der Waals surface area (Å²) < 4.78 is 43.1. The summed E-state index contributed by atoms with van der Waals surface area (Å²) in [6, 6.07) is 4.42. The van der Waals surface area contributed by atoms with Gasteiger partial charge in [-0.1, -0.05) is 13.8 Å². The quantitative estimate of drug-likeness (QED) is 0.648. The van der Waals surface area contributed by atoms with Crippen molar-refractivity contribution in [3.05, 3.63) is 29.8 Å². The van der Waals surface area contributed by atoms with Crippen molar-refractivity contribution in [2.45, 2.75) is 32.5 Å².